The number of ether oxygens (including phenoxy) is 1. The van der Waals surface area contributed by atoms with Gasteiger partial charge < -0.3 is 4.74 Å². The molecule has 0 amide bonds. The van der Waals surface area contributed by atoms with E-state index in [0.717, 1.165) is 0 Å². The first kappa shape index (κ1) is 10.1. The molecule has 0 spiro atoms. The summed E-state index contributed by atoms with van der Waals surface area (Å²) in [5.41, 5.74) is 0. The summed E-state index contributed by atoms with van der Waals surface area (Å²) in [6.07, 6.45) is 0.435. The molecule has 1 saturated heterocycles. The SMILES string of the molecule is CC1[CH-]OC(C)C1C.[Y]. The van der Waals surface area contributed by atoms with Crippen molar-refractivity contribution in [1.29, 1.82) is 0 Å². The van der Waals surface area contributed by atoms with Crippen molar-refractivity contribution in [2.24, 2.45) is 11.8 Å². The van der Waals surface area contributed by atoms with Crippen LogP contribution in [0.1, 0.15) is 20.8 Å². The van der Waals surface area contributed by atoms with Crippen molar-refractivity contribution in [3.05, 3.63) is 6.61 Å². The zero-order valence-corrected chi connectivity index (χ0v) is 9.13. The fourth-order valence-electron chi connectivity index (χ4n) is 0.923. The molecular formula is C7H13OY-. The fraction of sp³-hybridized carbons (Fsp3) is 0.857. The van der Waals surface area contributed by atoms with E-state index in [2.05, 4.69) is 20.8 Å². The smallest absolute Gasteiger partial charge is 0.0206 e. The van der Waals surface area contributed by atoms with Gasteiger partial charge in [0.15, 0.2) is 0 Å². The maximum absolute atomic E-state index is 5.25. The van der Waals surface area contributed by atoms with Crippen LogP contribution in [0.15, 0.2) is 0 Å². The molecule has 1 fully saturated rings. The molecule has 0 N–H and O–H groups in total. The molecule has 0 saturated carbocycles. The maximum atomic E-state index is 5.25. The van der Waals surface area contributed by atoms with Gasteiger partial charge in [0.2, 0.25) is 0 Å². The van der Waals surface area contributed by atoms with Crippen molar-refractivity contribution in [2.75, 3.05) is 0 Å². The molecule has 1 heterocycles. The molecule has 0 aromatic heterocycles. The number of hydrogen-bond donors (Lipinski definition) is 0. The Labute approximate surface area is 82.4 Å². The van der Waals surface area contributed by atoms with E-state index in [9.17, 15) is 0 Å². The van der Waals surface area contributed by atoms with Crippen LogP contribution in [0.5, 0.6) is 0 Å². The van der Waals surface area contributed by atoms with Crippen molar-refractivity contribution in [2.45, 2.75) is 26.9 Å². The Morgan fingerprint density at radius 1 is 1.22 bits per heavy atom. The third-order valence-electron chi connectivity index (χ3n) is 2.08. The molecule has 3 atom stereocenters. The van der Waals surface area contributed by atoms with Crippen LogP contribution in [0.2, 0.25) is 0 Å². The summed E-state index contributed by atoms with van der Waals surface area (Å²) < 4.78 is 5.25. The molecule has 0 aliphatic carbocycles. The molecule has 1 rings (SSSR count). The van der Waals surface area contributed by atoms with Crippen LogP contribution in [0.25, 0.3) is 0 Å². The second-order valence-electron chi connectivity index (χ2n) is 2.70. The molecule has 0 bridgehead atoms. The van der Waals surface area contributed by atoms with Crippen molar-refractivity contribution < 1.29 is 37.4 Å². The van der Waals surface area contributed by atoms with Gasteiger partial charge in [-0.05, 0) is 12.8 Å². The Morgan fingerprint density at radius 3 is 1.89 bits per heavy atom. The van der Waals surface area contributed by atoms with Gasteiger partial charge in [0.05, 0.1) is 0 Å². The Hall–Kier alpha value is 1.06. The minimum atomic E-state index is 0. The van der Waals surface area contributed by atoms with E-state index in [-0.39, 0.29) is 32.7 Å². The first-order valence-corrected chi connectivity index (χ1v) is 3.20. The van der Waals surface area contributed by atoms with E-state index in [1.165, 1.54) is 0 Å². The van der Waals surface area contributed by atoms with Gasteiger partial charge in [-0.1, -0.05) is 13.8 Å². The average molecular weight is 202 g/mol. The van der Waals surface area contributed by atoms with Crippen LogP contribution in [0.3, 0.4) is 0 Å². The average Bonchev–Trinajstić information content (AvgIpc) is 1.98. The first-order valence-electron chi connectivity index (χ1n) is 3.20. The summed E-state index contributed by atoms with van der Waals surface area (Å²) in [4.78, 5) is 0. The van der Waals surface area contributed by atoms with Gasteiger partial charge in [-0.15, -0.1) is 5.92 Å². The normalized spacial score (nSPS) is 42.3. The maximum Gasteiger partial charge on any atom is 0.0206 e. The summed E-state index contributed by atoms with van der Waals surface area (Å²) in [6.45, 7) is 8.47. The minimum Gasteiger partial charge on any atom is -0.549 e. The summed E-state index contributed by atoms with van der Waals surface area (Å²) in [7, 11) is 0. The van der Waals surface area contributed by atoms with Crippen molar-refractivity contribution in [1.82, 2.24) is 0 Å². The molecule has 2 heteroatoms. The van der Waals surface area contributed by atoms with Crippen LogP contribution < -0.4 is 0 Å². The third-order valence-corrected chi connectivity index (χ3v) is 2.08. The van der Waals surface area contributed by atoms with Crippen LogP contribution in [0.4, 0.5) is 0 Å². The van der Waals surface area contributed by atoms with E-state index < -0.39 is 0 Å². The van der Waals surface area contributed by atoms with Crippen LogP contribution >= 0.6 is 0 Å². The van der Waals surface area contributed by atoms with Crippen molar-refractivity contribution in [3.8, 4) is 0 Å². The Balaban J connectivity index is 0.000000640. The summed E-state index contributed by atoms with van der Waals surface area (Å²) in [6, 6.07) is 0. The van der Waals surface area contributed by atoms with Gasteiger partial charge in [-0.3, -0.25) is 0 Å². The molecule has 1 radical (unpaired) electrons. The molecule has 9 heavy (non-hydrogen) atoms. The van der Waals surface area contributed by atoms with Gasteiger partial charge in [0, 0.05) is 38.8 Å². The van der Waals surface area contributed by atoms with Gasteiger partial charge in [-0.25, -0.2) is 6.61 Å². The predicted octanol–water partition coefficient (Wildman–Crippen LogP) is 1.84. The van der Waals surface area contributed by atoms with Gasteiger partial charge in [0.25, 0.3) is 0 Å². The van der Waals surface area contributed by atoms with Gasteiger partial charge >= 0.3 is 0 Å². The molecule has 1 aliphatic heterocycles. The summed E-state index contributed by atoms with van der Waals surface area (Å²) >= 11 is 0. The van der Waals surface area contributed by atoms with Crippen LogP contribution in [-0.2, 0) is 37.4 Å². The standard InChI is InChI=1S/C7H13O.Y/c1-5-4-8-7(3)6(5)2;/h4-7H,1-3H3;/q-1;. The predicted molar refractivity (Wildman–Crippen MR) is 33.2 cm³/mol. The summed E-state index contributed by atoms with van der Waals surface area (Å²) in [5, 5.41) is 0. The molecule has 3 unspecified atom stereocenters. The van der Waals surface area contributed by atoms with E-state index in [4.69, 9.17) is 4.74 Å². The fourth-order valence-corrected chi connectivity index (χ4v) is 0.923. The second-order valence-corrected chi connectivity index (χ2v) is 2.70. The summed E-state index contributed by atoms with van der Waals surface area (Å²) in [5.74, 6) is 1.35. The third kappa shape index (κ3) is 2.29. The van der Waals surface area contributed by atoms with Gasteiger partial charge in [-0.2, -0.15) is 0 Å². The second kappa shape index (κ2) is 4.05. The van der Waals surface area contributed by atoms with Crippen molar-refractivity contribution in [3.63, 3.8) is 0 Å². The molecular weight excluding hydrogens is 189 g/mol. The quantitative estimate of drug-likeness (QED) is 0.544. The largest absolute Gasteiger partial charge is 0.549 e. The van der Waals surface area contributed by atoms with Crippen LogP contribution in [-0.4, -0.2) is 6.10 Å². The van der Waals surface area contributed by atoms with E-state index in [0.29, 0.717) is 17.9 Å². The van der Waals surface area contributed by atoms with Gasteiger partial charge in [0.1, 0.15) is 0 Å². The Morgan fingerprint density at radius 2 is 1.78 bits per heavy atom. The number of rotatable bonds is 0. The van der Waals surface area contributed by atoms with Crippen LogP contribution in [0, 0.1) is 18.4 Å². The molecule has 0 aromatic rings. The van der Waals surface area contributed by atoms with E-state index >= 15 is 0 Å². The number of hydrogen-bond acceptors (Lipinski definition) is 1. The minimum absolute atomic E-state index is 0. The van der Waals surface area contributed by atoms with E-state index in [1.54, 1.807) is 0 Å². The zero-order chi connectivity index (χ0) is 6.15. The van der Waals surface area contributed by atoms with E-state index in [1.807, 2.05) is 6.61 Å². The Bertz CT molecular complexity index is 75.0. The Kier molecular flexibility index (Phi) is 4.53. The zero-order valence-electron chi connectivity index (χ0n) is 6.29. The molecule has 0 aromatic carbocycles. The topological polar surface area (TPSA) is 9.23 Å². The molecule has 1 aliphatic rings. The molecule has 51 valence electrons. The molecule has 1 nitrogen and oxygen atoms in total. The monoisotopic (exact) mass is 202 g/mol. The first-order chi connectivity index (χ1) is 3.72. The van der Waals surface area contributed by atoms with Crippen molar-refractivity contribution >= 4 is 0 Å².